The summed E-state index contributed by atoms with van der Waals surface area (Å²) >= 11 is 9.65. The Bertz CT molecular complexity index is 617. The maximum Gasteiger partial charge on any atom is 0.0999 e. The molecule has 2 nitrogen and oxygen atoms in total. The summed E-state index contributed by atoms with van der Waals surface area (Å²) in [5, 5.41) is 4.10. The average molecular weight is 353 g/mol. The topological polar surface area (TPSA) is 21.3 Å². The second-order valence-corrected chi connectivity index (χ2v) is 6.14. The van der Waals surface area contributed by atoms with Crippen LogP contribution in [0.4, 0.5) is 5.69 Å². The van der Waals surface area contributed by atoms with Crippen molar-refractivity contribution < 1.29 is 4.74 Å². The first-order chi connectivity index (χ1) is 9.74. The molecule has 1 aliphatic rings. The lowest BCUT2D eigenvalue weighted by Gasteiger charge is -2.26. The normalized spacial score (nSPS) is 17.6. The van der Waals surface area contributed by atoms with E-state index in [1.54, 1.807) is 0 Å². The van der Waals surface area contributed by atoms with Crippen molar-refractivity contribution in [2.24, 2.45) is 0 Å². The van der Waals surface area contributed by atoms with Gasteiger partial charge in [-0.2, -0.15) is 0 Å². The van der Waals surface area contributed by atoms with E-state index in [9.17, 15) is 0 Å². The standard InChI is InChI=1S/C16H15BrClNO/c17-12-5-6-14(18)15(9-12)19-10-16-13-4-2-1-3-11(13)7-8-20-16/h1-6,9,16,19H,7-8,10H2. The van der Waals surface area contributed by atoms with Crippen LogP contribution in [-0.2, 0) is 11.2 Å². The molecule has 4 heteroatoms. The van der Waals surface area contributed by atoms with Gasteiger partial charge in [-0.15, -0.1) is 0 Å². The second kappa shape index (κ2) is 6.17. The molecular formula is C16H15BrClNO. The second-order valence-electron chi connectivity index (χ2n) is 4.81. The highest BCUT2D eigenvalue weighted by atomic mass is 79.9. The van der Waals surface area contributed by atoms with Crippen LogP contribution < -0.4 is 5.32 Å². The molecule has 0 aromatic heterocycles. The fraction of sp³-hybridized carbons (Fsp3) is 0.250. The molecule has 1 atom stereocenters. The number of nitrogens with one attached hydrogen (secondary N) is 1. The van der Waals surface area contributed by atoms with E-state index in [1.807, 2.05) is 18.2 Å². The third-order valence-electron chi connectivity index (χ3n) is 3.50. The zero-order chi connectivity index (χ0) is 13.9. The summed E-state index contributed by atoms with van der Waals surface area (Å²) < 4.78 is 6.89. The molecule has 0 bridgehead atoms. The smallest absolute Gasteiger partial charge is 0.0999 e. The fourth-order valence-corrected chi connectivity index (χ4v) is 3.03. The quantitative estimate of drug-likeness (QED) is 0.854. The van der Waals surface area contributed by atoms with Gasteiger partial charge in [-0.05, 0) is 35.7 Å². The van der Waals surface area contributed by atoms with Crippen LogP contribution in [0.3, 0.4) is 0 Å². The first-order valence-electron chi connectivity index (χ1n) is 6.62. The Kier molecular flexibility index (Phi) is 4.29. The molecule has 3 rings (SSSR count). The zero-order valence-electron chi connectivity index (χ0n) is 10.9. The summed E-state index contributed by atoms with van der Waals surface area (Å²) in [5.74, 6) is 0. The van der Waals surface area contributed by atoms with E-state index in [0.29, 0.717) is 6.54 Å². The molecule has 104 valence electrons. The minimum atomic E-state index is 0.0787. The Labute approximate surface area is 132 Å². The Hall–Kier alpha value is -1.03. The van der Waals surface area contributed by atoms with Crippen molar-refractivity contribution in [1.82, 2.24) is 0 Å². The monoisotopic (exact) mass is 351 g/mol. The first kappa shape index (κ1) is 13.9. The highest BCUT2D eigenvalue weighted by Crippen LogP contribution is 2.30. The fourth-order valence-electron chi connectivity index (χ4n) is 2.48. The molecule has 0 saturated carbocycles. The van der Waals surface area contributed by atoms with Crippen molar-refractivity contribution in [2.45, 2.75) is 12.5 Å². The first-order valence-corrected chi connectivity index (χ1v) is 7.79. The van der Waals surface area contributed by atoms with Crippen molar-refractivity contribution in [3.05, 3.63) is 63.1 Å². The molecule has 1 heterocycles. The van der Waals surface area contributed by atoms with Crippen molar-refractivity contribution in [3.8, 4) is 0 Å². The molecule has 1 N–H and O–H groups in total. The van der Waals surface area contributed by atoms with Gasteiger partial charge in [0.15, 0.2) is 0 Å². The molecule has 2 aromatic carbocycles. The number of anilines is 1. The van der Waals surface area contributed by atoms with Gasteiger partial charge in [-0.3, -0.25) is 0 Å². The molecule has 20 heavy (non-hydrogen) atoms. The van der Waals surface area contributed by atoms with E-state index in [2.05, 4.69) is 45.5 Å². The summed E-state index contributed by atoms with van der Waals surface area (Å²) in [5.41, 5.74) is 3.58. The lowest BCUT2D eigenvalue weighted by Crippen LogP contribution is -2.22. The molecule has 0 saturated heterocycles. The number of hydrogen-bond acceptors (Lipinski definition) is 2. The summed E-state index contributed by atoms with van der Waals surface area (Å²) in [7, 11) is 0. The molecule has 0 aliphatic carbocycles. The van der Waals surface area contributed by atoms with Crippen LogP contribution in [-0.4, -0.2) is 13.2 Å². The van der Waals surface area contributed by atoms with Crippen molar-refractivity contribution >= 4 is 33.2 Å². The zero-order valence-corrected chi connectivity index (χ0v) is 13.2. The number of hydrogen-bond donors (Lipinski definition) is 1. The molecular weight excluding hydrogens is 338 g/mol. The van der Waals surface area contributed by atoms with E-state index in [-0.39, 0.29) is 6.10 Å². The van der Waals surface area contributed by atoms with Crippen LogP contribution in [0.15, 0.2) is 46.9 Å². The highest BCUT2D eigenvalue weighted by molar-refractivity contribution is 9.10. The van der Waals surface area contributed by atoms with Gasteiger partial charge in [0.25, 0.3) is 0 Å². The maximum atomic E-state index is 6.19. The SMILES string of the molecule is Clc1ccc(Br)cc1NCC1OCCc2ccccc21. The number of halogens is 2. The summed E-state index contributed by atoms with van der Waals surface area (Å²) in [6.45, 7) is 1.49. The molecule has 2 aromatic rings. The number of fused-ring (bicyclic) bond motifs is 1. The highest BCUT2D eigenvalue weighted by Gasteiger charge is 2.20. The van der Waals surface area contributed by atoms with Crippen LogP contribution in [0, 0.1) is 0 Å². The molecule has 1 aliphatic heterocycles. The van der Waals surface area contributed by atoms with E-state index in [0.717, 1.165) is 28.2 Å². The third kappa shape index (κ3) is 3.00. The molecule has 1 unspecified atom stereocenters. The van der Waals surface area contributed by atoms with Gasteiger partial charge in [-0.1, -0.05) is 51.8 Å². The Morgan fingerprint density at radius 3 is 3.00 bits per heavy atom. The molecule has 0 amide bonds. The third-order valence-corrected chi connectivity index (χ3v) is 4.32. The minimum absolute atomic E-state index is 0.0787. The Balaban J connectivity index is 1.75. The van der Waals surface area contributed by atoms with E-state index in [4.69, 9.17) is 16.3 Å². The van der Waals surface area contributed by atoms with Crippen LogP contribution in [0.25, 0.3) is 0 Å². The van der Waals surface area contributed by atoms with Crippen LogP contribution >= 0.6 is 27.5 Å². The van der Waals surface area contributed by atoms with Gasteiger partial charge in [0.05, 0.1) is 23.4 Å². The summed E-state index contributed by atoms with van der Waals surface area (Å²) in [6.07, 6.45) is 1.07. The van der Waals surface area contributed by atoms with Gasteiger partial charge < -0.3 is 10.1 Å². The van der Waals surface area contributed by atoms with Crippen LogP contribution in [0.2, 0.25) is 5.02 Å². The van der Waals surface area contributed by atoms with Gasteiger partial charge >= 0.3 is 0 Å². The summed E-state index contributed by atoms with van der Waals surface area (Å²) in [4.78, 5) is 0. The molecule has 0 radical (unpaired) electrons. The van der Waals surface area contributed by atoms with E-state index in [1.165, 1.54) is 11.1 Å². The van der Waals surface area contributed by atoms with E-state index >= 15 is 0 Å². The van der Waals surface area contributed by atoms with Crippen LogP contribution in [0.5, 0.6) is 0 Å². The van der Waals surface area contributed by atoms with Crippen LogP contribution in [0.1, 0.15) is 17.2 Å². The van der Waals surface area contributed by atoms with Gasteiger partial charge in [0, 0.05) is 11.0 Å². The molecule has 0 spiro atoms. The number of ether oxygens (including phenoxy) is 1. The summed E-state index contributed by atoms with van der Waals surface area (Å²) in [6, 6.07) is 14.3. The predicted octanol–water partition coefficient (Wildman–Crippen LogP) is 4.83. The molecule has 0 fully saturated rings. The van der Waals surface area contributed by atoms with E-state index < -0.39 is 0 Å². The Morgan fingerprint density at radius 2 is 2.10 bits per heavy atom. The minimum Gasteiger partial charge on any atom is -0.381 e. The van der Waals surface area contributed by atoms with Gasteiger partial charge in [-0.25, -0.2) is 0 Å². The predicted molar refractivity (Wildman–Crippen MR) is 86.5 cm³/mol. The average Bonchev–Trinajstić information content (AvgIpc) is 2.48. The Morgan fingerprint density at radius 1 is 1.25 bits per heavy atom. The van der Waals surface area contributed by atoms with Gasteiger partial charge in [0.1, 0.15) is 0 Å². The lowest BCUT2D eigenvalue weighted by atomic mass is 9.97. The number of benzene rings is 2. The largest absolute Gasteiger partial charge is 0.381 e. The maximum absolute atomic E-state index is 6.19. The van der Waals surface area contributed by atoms with Crippen molar-refractivity contribution in [1.29, 1.82) is 0 Å². The van der Waals surface area contributed by atoms with Crippen molar-refractivity contribution in [2.75, 3.05) is 18.5 Å². The van der Waals surface area contributed by atoms with Gasteiger partial charge in [0.2, 0.25) is 0 Å². The number of rotatable bonds is 3. The van der Waals surface area contributed by atoms with Crippen molar-refractivity contribution in [3.63, 3.8) is 0 Å². The lowest BCUT2D eigenvalue weighted by molar-refractivity contribution is 0.0513.